The second-order valence-corrected chi connectivity index (χ2v) is 4.01. The van der Waals surface area contributed by atoms with Gasteiger partial charge in [-0.1, -0.05) is 60.7 Å². The van der Waals surface area contributed by atoms with Gasteiger partial charge in [0.25, 0.3) is 5.91 Å². The van der Waals surface area contributed by atoms with E-state index in [4.69, 9.17) is 0 Å². The summed E-state index contributed by atoms with van der Waals surface area (Å²) in [5.74, 6) is -0.222. The number of rotatable bonds is 2. The first kappa shape index (κ1) is 10.6. The Bertz CT molecular complexity index is 603. The zero-order chi connectivity index (χ0) is 12.4. The van der Waals surface area contributed by atoms with Crippen LogP contribution < -0.4 is 10.9 Å². The third-order valence-electron chi connectivity index (χ3n) is 2.86. The molecule has 2 aromatic carbocycles. The predicted octanol–water partition coefficient (Wildman–Crippen LogP) is 2.20. The summed E-state index contributed by atoms with van der Waals surface area (Å²) in [6.07, 6.45) is 0. The molecule has 3 heteroatoms. The van der Waals surface area contributed by atoms with Crippen LogP contribution in [0, 0.1) is 0 Å². The number of hydrogen-bond donors (Lipinski definition) is 1. The molecule has 0 aromatic heterocycles. The molecule has 3 nitrogen and oxygen atoms in total. The quantitative estimate of drug-likeness (QED) is 0.867. The minimum atomic E-state index is -0.222. The van der Waals surface area contributed by atoms with Gasteiger partial charge in [-0.25, -0.2) is 0 Å². The molecule has 2 aromatic rings. The molecule has 18 heavy (non-hydrogen) atoms. The molecule has 0 spiro atoms. The van der Waals surface area contributed by atoms with Crippen molar-refractivity contribution >= 4 is 17.2 Å². The van der Waals surface area contributed by atoms with Crippen LogP contribution in [0.15, 0.2) is 60.7 Å². The topological polar surface area (TPSA) is 43.2 Å². The van der Waals surface area contributed by atoms with Crippen molar-refractivity contribution in [2.24, 2.45) is 0 Å². The van der Waals surface area contributed by atoms with Gasteiger partial charge in [-0.15, -0.1) is 5.43 Å². The van der Waals surface area contributed by atoms with E-state index in [1.807, 2.05) is 60.7 Å². The van der Waals surface area contributed by atoms with Crippen molar-refractivity contribution in [1.29, 1.82) is 0 Å². The number of hydrogen-bond acceptors (Lipinski definition) is 2. The Morgan fingerprint density at radius 3 is 1.94 bits per heavy atom. The molecule has 0 aliphatic carbocycles. The maximum atomic E-state index is 11.9. The predicted molar refractivity (Wildman–Crippen MR) is 70.0 cm³/mol. The highest BCUT2D eigenvalue weighted by molar-refractivity contribution is 6.29. The molecule has 0 atom stereocenters. The minimum Gasteiger partial charge on any atom is -0.273 e. The molecular weight excluding hydrogens is 224 g/mol. The minimum absolute atomic E-state index is 0.222. The third kappa shape index (κ3) is 1.76. The van der Waals surface area contributed by atoms with Crippen LogP contribution in [-0.4, -0.2) is 5.91 Å². The highest BCUT2D eigenvalue weighted by Crippen LogP contribution is 2.27. The Kier molecular flexibility index (Phi) is 2.57. The number of nitrogens with zero attached hydrogens (tertiary/aromatic N) is 1. The van der Waals surface area contributed by atoms with E-state index < -0.39 is 0 Å². The van der Waals surface area contributed by atoms with Gasteiger partial charge in [-0.3, -0.25) is 10.2 Å². The standard InChI is InChI=1S/C15H11N2O/c18-15-13(11-7-3-1-4-8-11)14(16-17-15)12-9-5-2-6-10-12/h1-10,16H. The highest BCUT2D eigenvalue weighted by atomic mass is 16.2. The van der Waals surface area contributed by atoms with Crippen LogP contribution in [0.5, 0.6) is 0 Å². The zero-order valence-electron chi connectivity index (χ0n) is 9.63. The number of nitrogens with one attached hydrogen (secondary N) is 1. The van der Waals surface area contributed by atoms with E-state index in [0.29, 0.717) is 5.57 Å². The van der Waals surface area contributed by atoms with Crippen LogP contribution in [0.25, 0.3) is 11.3 Å². The van der Waals surface area contributed by atoms with Crippen LogP contribution in [0.1, 0.15) is 11.1 Å². The van der Waals surface area contributed by atoms with Crippen molar-refractivity contribution in [1.82, 2.24) is 10.9 Å². The number of benzene rings is 2. The lowest BCUT2D eigenvalue weighted by molar-refractivity contribution is -0.115. The smallest absolute Gasteiger partial charge is 0.273 e. The fourth-order valence-corrected chi connectivity index (χ4v) is 2.01. The average Bonchev–Trinajstić information content (AvgIpc) is 2.83. The van der Waals surface area contributed by atoms with Crippen molar-refractivity contribution < 1.29 is 4.79 Å². The van der Waals surface area contributed by atoms with E-state index >= 15 is 0 Å². The van der Waals surface area contributed by atoms with Gasteiger partial charge in [0.05, 0.1) is 11.3 Å². The van der Waals surface area contributed by atoms with Gasteiger partial charge in [0, 0.05) is 5.56 Å². The molecule has 3 rings (SSSR count). The van der Waals surface area contributed by atoms with Crippen LogP contribution in [0.4, 0.5) is 0 Å². The van der Waals surface area contributed by atoms with Crippen molar-refractivity contribution in [3.63, 3.8) is 0 Å². The first-order chi connectivity index (χ1) is 8.86. The van der Waals surface area contributed by atoms with Crippen molar-refractivity contribution in [2.45, 2.75) is 0 Å². The van der Waals surface area contributed by atoms with Gasteiger partial charge in [-0.2, -0.15) is 0 Å². The summed E-state index contributed by atoms with van der Waals surface area (Å²) in [5, 5.41) is 0. The Morgan fingerprint density at radius 1 is 0.778 bits per heavy atom. The molecule has 0 fully saturated rings. The Balaban J connectivity index is 2.16. The molecule has 1 N–H and O–H groups in total. The van der Waals surface area contributed by atoms with Crippen LogP contribution >= 0.6 is 0 Å². The van der Waals surface area contributed by atoms with Gasteiger partial charge in [0.2, 0.25) is 0 Å². The maximum absolute atomic E-state index is 11.9. The molecule has 1 aliphatic rings. The molecule has 0 unspecified atom stereocenters. The molecule has 0 saturated heterocycles. The first-order valence-corrected chi connectivity index (χ1v) is 5.72. The molecule has 87 valence electrons. The number of carbonyl (C=O) groups is 1. The summed E-state index contributed by atoms with van der Waals surface area (Å²) in [7, 11) is 0. The van der Waals surface area contributed by atoms with Crippen molar-refractivity contribution in [3.05, 3.63) is 71.8 Å². The Hall–Kier alpha value is -2.55. The van der Waals surface area contributed by atoms with Crippen LogP contribution in [-0.2, 0) is 4.79 Å². The zero-order valence-corrected chi connectivity index (χ0v) is 9.63. The summed E-state index contributed by atoms with van der Waals surface area (Å²) < 4.78 is 0. The van der Waals surface area contributed by atoms with Gasteiger partial charge < -0.3 is 0 Å². The summed E-state index contributed by atoms with van der Waals surface area (Å²) in [6, 6.07) is 19.3. The largest absolute Gasteiger partial charge is 0.296 e. The third-order valence-corrected chi connectivity index (χ3v) is 2.86. The SMILES string of the molecule is O=C1[N]NC(c2ccccc2)=C1c1ccccc1. The lowest BCUT2D eigenvalue weighted by Crippen LogP contribution is -2.19. The van der Waals surface area contributed by atoms with Crippen molar-refractivity contribution in [2.75, 3.05) is 0 Å². The Morgan fingerprint density at radius 2 is 1.33 bits per heavy atom. The fraction of sp³-hybridized carbons (Fsp3) is 0. The summed E-state index contributed by atoms with van der Waals surface area (Å²) in [4.78, 5) is 11.9. The van der Waals surface area contributed by atoms with E-state index in [9.17, 15) is 4.79 Å². The summed E-state index contributed by atoms with van der Waals surface area (Å²) in [6.45, 7) is 0. The maximum Gasteiger partial charge on any atom is 0.296 e. The van der Waals surface area contributed by atoms with Gasteiger partial charge in [0.15, 0.2) is 0 Å². The van der Waals surface area contributed by atoms with Crippen LogP contribution in [0.3, 0.4) is 0 Å². The van der Waals surface area contributed by atoms with E-state index in [0.717, 1.165) is 16.8 Å². The summed E-state index contributed by atoms with van der Waals surface area (Å²) >= 11 is 0. The van der Waals surface area contributed by atoms with Gasteiger partial charge >= 0.3 is 0 Å². The molecule has 0 bridgehead atoms. The first-order valence-electron chi connectivity index (χ1n) is 5.72. The molecule has 1 aliphatic heterocycles. The highest BCUT2D eigenvalue weighted by Gasteiger charge is 2.26. The molecule has 1 heterocycles. The molecular formula is C15H11N2O. The summed E-state index contributed by atoms with van der Waals surface area (Å²) in [5.41, 5.74) is 9.86. The van der Waals surface area contributed by atoms with E-state index in [2.05, 4.69) is 10.9 Å². The molecule has 1 radical (unpaired) electrons. The molecule has 1 amide bonds. The van der Waals surface area contributed by atoms with Crippen LogP contribution in [0.2, 0.25) is 0 Å². The van der Waals surface area contributed by atoms with E-state index in [1.54, 1.807) is 0 Å². The number of amides is 1. The average molecular weight is 235 g/mol. The second kappa shape index (κ2) is 4.37. The second-order valence-electron chi connectivity index (χ2n) is 4.01. The monoisotopic (exact) mass is 235 g/mol. The van der Waals surface area contributed by atoms with Crippen molar-refractivity contribution in [3.8, 4) is 0 Å². The molecule has 0 saturated carbocycles. The number of carbonyl (C=O) groups excluding carboxylic acids is 1. The lowest BCUT2D eigenvalue weighted by atomic mass is 10.0. The lowest BCUT2D eigenvalue weighted by Gasteiger charge is -2.04. The van der Waals surface area contributed by atoms with E-state index in [-0.39, 0.29) is 5.91 Å². The van der Waals surface area contributed by atoms with E-state index in [1.165, 1.54) is 0 Å². The fourth-order valence-electron chi connectivity index (χ4n) is 2.01. The van der Waals surface area contributed by atoms with Gasteiger partial charge in [-0.05, 0) is 5.56 Å². The normalized spacial score (nSPS) is 14.3. The Labute approximate surface area is 105 Å². The van der Waals surface area contributed by atoms with Gasteiger partial charge in [0.1, 0.15) is 0 Å².